The molecule has 324 valence electrons. The first-order chi connectivity index (χ1) is 26.1. The maximum absolute atomic E-state index is 12.8. The van der Waals surface area contributed by atoms with Crippen LogP contribution < -0.4 is 5.32 Å². The van der Waals surface area contributed by atoms with E-state index in [1.807, 2.05) is 0 Å². The van der Waals surface area contributed by atoms with Gasteiger partial charge < -0.3 is 19.5 Å². The van der Waals surface area contributed by atoms with E-state index in [1.165, 1.54) is 186 Å². The summed E-state index contributed by atoms with van der Waals surface area (Å²) in [5.74, 6) is 0. The highest BCUT2D eigenvalue weighted by Crippen LogP contribution is 2.20. The third-order valence-corrected chi connectivity index (χ3v) is 11.1. The van der Waals surface area contributed by atoms with Crippen molar-refractivity contribution in [3.63, 3.8) is 0 Å². The number of ether oxygens (including phenoxy) is 3. The van der Waals surface area contributed by atoms with Crippen LogP contribution in [0.4, 0.5) is 4.79 Å². The Balaban J connectivity index is 4.23. The van der Waals surface area contributed by atoms with Crippen molar-refractivity contribution in [3.05, 3.63) is 0 Å². The molecule has 0 aromatic carbocycles. The maximum Gasteiger partial charge on any atom is 0.407 e. The number of rotatable bonds is 42. The van der Waals surface area contributed by atoms with Crippen molar-refractivity contribution >= 4 is 6.09 Å². The summed E-state index contributed by atoms with van der Waals surface area (Å²) in [5.41, 5.74) is -0.368. The van der Waals surface area contributed by atoms with Gasteiger partial charge in [-0.3, -0.25) is 0 Å². The van der Waals surface area contributed by atoms with Crippen LogP contribution in [0.5, 0.6) is 0 Å². The van der Waals surface area contributed by atoms with Gasteiger partial charge in [0.15, 0.2) is 0 Å². The molecule has 0 aliphatic heterocycles. The third-order valence-electron chi connectivity index (χ3n) is 11.1. The number of hydrogen-bond acceptors (Lipinski definition) is 4. The summed E-state index contributed by atoms with van der Waals surface area (Å²) >= 11 is 0. The fraction of sp³-hybridized carbons (Fsp3) is 0.980. The van der Waals surface area contributed by atoms with Crippen LogP contribution in [0.1, 0.15) is 273 Å². The van der Waals surface area contributed by atoms with Gasteiger partial charge >= 0.3 is 6.09 Å². The second kappa shape index (κ2) is 39.0. The topological polar surface area (TPSA) is 56.8 Å². The highest BCUT2D eigenvalue weighted by molar-refractivity contribution is 5.67. The van der Waals surface area contributed by atoms with E-state index in [-0.39, 0.29) is 23.4 Å². The Labute approximate surface area is 339 Å². The molecule has 0 bridgehead atoms. The fourth-order valence-corrected chi connectivity index (χ4v) is 7.40. The van der Waals surface area contributed by atoms with Crippen LogP contribution >= 0.6 is 0 Å². The zero-order valence-corrected chi connectivity index (χ0v) is 38.1. The standard InChI is InChI=1S/C49H99NO4/c1-8-10-12-14-16-18-20-22-24-26-28-30-32-34-36-38-41-46(40-37-35-33-31-29-27-25-23-21-19-17-15-13-11-9-2)54-47(51)50-43-39-44-53-49(6,7)42-45-52-48(3,4)5/h46H,8-45H2,1-7H3,(H,50,51). The van der Waals surface area contributed by atoms with E-state index in [4.69, 9.17) is 14.2 Å². The number of unbranched alkanes of at least 4 members (excludes halogenated alkanes) is 29. The van der Waals surface area contributed by atoms with Crippen LogP contribution in [0, 0.1) is 0 Å². The molecule has 1 atom stereocenters. The predicted molar refractivity (Wildman–Crippen MR) is 237 cm³/mol. The van der Waals surface area contributed by atoms with Crippen molar-refractivity contribution in [2.45, 2.75) is 291 Å². The van der Waals surface area contributed by atoms with Crippen molar-refractivity contribution in [2.75, 3.05) is 19.8 Å². The van der Waals surface area contributed by atoms with Crippen LogP contribution in [-0.4, -0.2) is 43.2 Å². The molecule has 1 amide bonds. The first-order valence-electron chi connectivity index (χ1n) is 24.3. The van der Waals surface area contributed by atoms with Crippen LogP contribution in [-0.2, 0) is 14.2 Å². The Bertz CT molecular complexity index is 763. The van der Waals surface area contributed by atoms with Crippen molar-refractivity contribution < 1.29 is 19.0 Å². The average Bonchev–Trinajstić information content (AvgIpc) is 3.12. The summed E-state index contributed by atoms with van der Waals surface area (Å²) in [5, 5.41) is 3.01. The van der Waals surface area contributed by atoms with E-state index in [0.29, 0.717) is 19.8 Å². The molecule has 1 unspecified atom stereocenters. The quantitative estimate of drug-likeness (QED) is 0.0629. The van der Waals surface area contributed by atoms with Crippen LogP contribution in [0.2, 0.25) is 0 Å². The van der Waals surface area contributed by atoms with Gasteiger partial charge in [-0.1, -0.05) is 200 Å². The Kier molecular flexibility index (Phi) is 38.5. The van der Waals surface area contributed by atoms with E-state index >= 15 is 0 Å². The lowest BCUT2D eigenvalue weighted by Crippen LogP contribution is -2.32. The van der Waals surface area contributed by atoms with Crippen LogP contribution in [0.25, 0.3) is 0 Å². The van der Waals surface area contributed by atoms with Crippen LogP contribution in [0.3, 0.4) is 0 Å². The number of alkyl carbamates (subject to hydrolysis) is 1. The zero-order chi connectivity index (χ0) is 39.9. The molecule has 0 saturated carbocycles. The Morgan fingerprint density at radius 1 is 0.444 bits per heavy atom. The van der Waals surface area contributed by atoms with Crippen molar-refractivity contribution in [2.24, 2.45) is 0 Å². The maximum atomic E-state index is 12.8. The Morgan fingerprint density at radius 2 is 0.778 bits per heavy atom. The second-order valence-corrected chi connectivity index (χ2v) is 18.5. The summed E-state index contributed by atoms with van der Waals surface area (Å²) in [6.45, 7) is 16.9. The van der Waals surface area contributed by atoms with E-state index in [0.717, 1.165) is 38.5 Å². The summed E-state index contributed by atoms with van der Waals surface area (Å²) < 4.78 is 18.0. The molecule has 0 heterocycles. The van der Waals surface area contributed by atoms with Gasteiger partial charge in [0.2, 0.25) is 0 Å². The van der Waals surface area contributed by atoms with Gasteiger partial charge in [-0.25, -0.2) is 4.79 Å². The number of hydrogen-bond donors (Lipinski definition) is 1. The molecule has 0 radical (unpaired) electrons. The number of carbonyl (C=O) groups is 1. The van der Waals surface area contributed by atoms with Gasteiger partial charge in [0.05, 0.1) is 11.2 Å². The Hall–Kier alpha value is -0.810. The molecule has 54 heavy (non-hydrogen) atoms. The van der Waals surface area contributed by atoms with Gasteiger partial charge in [-0.2, -0.15) is 0 Å². The van der Waals surface area contributed by atoms with E-state index in [2.05, 4.69) is 53.8 Å². The second-order valence-electron chi connectivity index (χ2n) is 18.5. The number of nitrogens with one attached hydrogen (secondary N) is 1. The van der Waals surface area contributed by atoms with Crippen molar-refractivity contribution in [1.29, 1.82) is 0 Å². The monoisotopic (exact) mass is 766 g/mol. The minimum absolute atomic E-state index is 0.0385. The summed E-state index contributed by atoms with van der Waals surface area (Å²) in [6, 6.07) is 0. The van der Waals surface area contributed by atoms with E-state index in [1.54, 1.807) is 0 Å². The Morgan fingerprint density at radius 3 is 1.11 bits per heavy atom. The largest absolute Gasteiger partial charge is 0.446 e. The van der Waals surface area contributed by atoms with Gasteiger partial charge in [0.25, 0.3) is 0 Å². The number of amides is 1. The van der Waals surface area contributed by atoms with Crippen LogP contribution in [0.15, 0.2) is 0 Å². The number of carbonyl (C=O) groups excluding carboxylic acids is 1. The zero-order valence-electron chi connectivity index (χ0n) is 38.1. The predicted octanol–water partition coefficient (Wildman–Crippen LogP) is 16.4. The normalized spacial score (nSPS) is 12.7. The summed E-state index contributed by atoms with van der Waals surface area (Å²) in [6.07, 6.45) is 46.1. The molecule has 0 spiro atoms. The molecule has 0 rings (SSSR count). The molecule has 0 aromatic rings. The van der Waals surface area contributed by atoms with Gasteiger partial charge in [-0.05, 0) is 73.1 Å². The van der Waals surface area contributed by atoms with E-state index in [9.17, 15) is 4.79 Å². The lowest BCUT2D eigenvalue weighted by molar-refractivity contribution is -0.0667. The molecule has 0 saturated heterocycles. The minimum Gasteiger partial charge on any atom is -0.446 e. The highest BCUT2D eigenvalue weighted by atomic mass is 16.6. The molecular weight excluding hydrogens is 667 g/mol. The smallest absolute Gasteiger partial charge is 0.407 e. The van der Waals surface area contributed by atoms with Gasteiger partial charge in [-0.15, -0.1) is 0 Å². The lowest BCUT2D eigenvalue weighted by Gasteiger charge is -2.28. The highest BCUT2D eigenvalue weighted by Gasteiger charge is 2.20. The fourth-order valence-electron chi connectivity index (χ4n) is 7.40. The summed E-state index contributed by atoms with van der Waals surface area (Å²) in [4.78, 5) is 12.8. The first-order valence-corrected chi connectivity index (χ1v) is 24.3. The SMILES string of the molecule is CCCCCCCCCCCCCCCCCCC(CCCCCCCCCCCCCCCCC)OC(=O)NCCCOC(C)(C)CCOC(C)(C)C. The van der Waals surface area contributed by atoms with Gasteiger partial charge in [0.1, 0.15) is 6.10 Å². The molecule has 1 N–H and O–H groups in total. The molecule has 5 nitrogen and oxygen atoms in total. The van der Waals surface area contributed by atoms with Crippen molar-refractivity contribution in [1.82, 2.24) is 5.32 Å². The van der Waals surface area contributed by atoms with Gasteiger partial charge in [0, 0.05) is 19.8 Å². The van der Waals surface area contributed by atoms with E-state index < -0.39 is 0 Å². The average molecular weight is 766 g/mol. The molecule has 0 aliphatic carbocycles. The third kappa shape index (κ3) is 42.3. The molecule has 5 heteroatoms. The van der Waals surface area contributed by atoms with Crippen molar-refractivity contribution in [3.8, 4) is 0 Å². The summed E-state index contributed by atoms with van der Waals surface area (Å²) in [7, 11) is 0. The molecule has 0 aliphatic rings. The minimum atomic E-state index is -0.254. The lowest BCUT2D eigenvalue weighted by atomic mass is 10.0. The molecular formula is C49H99NO4. The molecule has 0 fully saturated rings. The molecule has 0 aromatic heterocycles. The first kappa shape index (κ1) is 53.2.